The molecule has 2 aliphatic rings. The molecular formula is C28H33ClN6O3. The number of rotatable bonds is 5. The molecule has 0 spiro atoms. The van der Waals surface area contributed by atoms with Gasteiger partial charge in [0.2, 0.25) is 11.7 Å². The molecule has 2 fully saturated rings. The zero-order chi connectivity index (χ0) is 26.9. The van der Waals surface area contributed by atoms with E-state index in [1.165, 1.54) is 0 Å². The number of halogens is 1. The van der Waals surface area contributed by atoms with Crippen LogP contribution in [0.1, 0.15) is 61.9 Å². The molecule has 9 nitrogen and oxygen atoms in total. The van der Waals surface area contributed by atoms with Crippen LogP contribution < -0.4 is 5.32 Å². The number of carbonyl (C=O) groups is 2. The third-order valence-corrected chi connectivity index (χ3v) is 8.46. The van der Waals surface area contributed by atoms with Crippen molar-refractivity contribution in [3.63, 3.8) is 0 Å². The van der Waals surface area contributed by atoms with Crippen molar-refractivity contribution in [2.45, 2.75) is 57.6 Å². The lowest BCUT2D eigenvalue weighted by atomic mass is 9.66. The molecule has 1 aromatic heterocycles. The van der Waals surface area contributed by atoms with Gasteiger partial charge < -0.3 is 15.3 Å². The first-order valence-electron chi connectivity index (χ1n) is 13.1. The molecule has 1 aliphatic heterocycles. The number of piperidine rings is 1. The van der Waals surface area contributed by atoms with Gasteiger partial charge in [0.25, 0.3) is 5.91 Å². The molecule has 3 atom stereocenters. The maximum Gasteiger partial charge on any atom is 0.251 e. The number of amides is 2. The van der Waals surface area contributed by atoms with E-state index in [-0.39, 0.29) is 23.8 Å². The Morgan fingerprint density at radius 3 is 2.61 bits per heavy atom. The van der Waals surface area contributed by atoms with Crippen molar-refractivity contribution in [1.29, 1.82) is 0 Å². The number of carbonyl (C=O) groups excluding carboxylic acids is 2. The van der Waals surface area contributed by atoms with Crippen molar-refractivity contribution in [1.82, 2.24) is 30.8 Å². The van der Waals surface area contributed by atoms with Gasteiger partial charge in [-0.15, -0.1) is 10.2 Å². The SMILES string of the molecule is CC1(C)CN(C(=O)[C@H]2CCCC[C@H]2NC(=O)c2cccc(-c3nn[nH]n3)c2)CCC1(O)c1ccc(Cl)cc1. The zero-order valence-electron chi connectivity index (χ0n) is 21.7. The molecular weight excluding hydrogens is 504 g/mol. The van der Waals surface area contributed by atoms with E-state index in [0.29, 0.717) is 41.5 Å². The number of H-pyrrole nitrogens is 1. The molecule has 200 valence electrons. The van der Waals surface area contributed by atoms with E-state index in [1.807, 2.05) is 36.9 Å². The first-order valence-corrected chi connectivity index (χ1v) is 13.5. The second-order valence-electron chi connectivity index (χ2n) is 11.0. The van der Waals surface area contributed by atoms with E-state index in [2.05, 4.69) is 25.9 Å². The summed E-state index contributed by atoms with van der Waals surface area (Å²) in [6.07, 6.45) is 3.81. The number of nitrogens with one attached hydrogen (secondary N) is 2. The van der Waals surface area contributed by atoms with Crippen LogP contribution in [0.2, 0.25) is 5.02 Å². The predicted octanol–water partition coefficient (Wildman–Crippen LogP) is 3.96. The smallest absolute Gasteiger partial charge is 0.251 e. The number of nitrogens with zero attached hydrogens (tertiary/aromatic N) is 4. The quantitative estimate of drug-likeness (QED) is 0.453. The molecule has 0 bridgehead atoms. The van der Waals surface area contributed by atoms with Crippen molar-refractivity contribution >= 4 is 23.4 Å². The molecule has 1 saturated heterocycles. The van der Waals surface area contributed by atoms with Crippen LogP contribution in [-0.4, -0.2) is 61.6 Å². The van der Waals surface area contributed by atoms with Crippen molar-refractivity contribution in [3.05, 3.63) is 64.7 Å². The lowest BCUT2D eigenvalue weighted by Gasteiger charge is -2.51. The summed E-state index contributed by atoms with van der Waals surface area (Å²) in [6.45, 7) is 4.87. The minimum atomic E-state index is -1.07. The molecule has 3 N–H and O–H groups in total. The van der Waals surface area contributed by atoms with Gasteiger partial charge in [-0.3, -0.25) is 9.59 Å². The monoisotopic (exact) mass is 536 g/mol. The minimum absolute atomic E-state index is 0.0433. The number of aromatic amines is 1. The third kappa shape index (κ3) is 5.05. The number of benzene rings is 2. The van der Waals surface area contributed by atoms with Crippen molar-refractivity contribution in [2.24, 2.45) is 11.3 Å². The fourth-order valence-electron chi connectivity index (χ4n) is 5.94. The van der Waals surface area contributed by atoms with Gasteiger partial charge in [0.1, 0.15) is 0 Å². The van der Waals surface area contributed by atoms with Crippen molar-refractivity contribution in [2.75, 3.05) is 13.1 Å². The highest BCUT2D eigenvalue weighted by Gasteiger charge is 2.50. The Balaban J connectivity index is 1.29. The molecule has 0 radical (unpaired) electrons. The van der Waals surface area contributed by atoms with Crippen molar-refractivity contribution in [3.8, 4) is 11.4 Å². The Kier molecular flexibility index (Phi) is 7.24. The van der Waals surface area contributed by atoms with Gasteiger partial charge >= 0.3 is 0 Å². The molecule has 5 rings (SSSR count). The van der Waals surface area contributed by atoms with Gasteiger partial charge in [-0.2, -0.15) is 5.21 Å². The minimum Gasteiger partial charge on any atom is -0.384 e. The van der Waals surface area contributed by atoms with E-state index in [4.69, 9.17) is 11.6 Å². The summed E-state index contributed by atoms with van der Waals surface area (Å²) in [6, 6.07) is 14.1. The molecule has 10 heteroatoms. The largest absolute Gasteiger partial charge is 0.384 e. The Morgan fingerprint density at radius 1 is 1.13 bits per heavy atom. The van der Waals surface area contributed by atoms with Crippen LogP contribution in [0.15, 0.2) is 48.5 Å². The fraction of sp³-hybridized carbons (Fsp3) is 0.464. The van der Waals surface area contributed by atoms with Gasteiger partial charge in [-0.25, -0.2) is 0 Å². The molecule has 1 aliphatic carbocycles. The Hall–Kier alpha value is -3.30. The van der Waals surface area contributed by atoms with E-state index in [1.54, 1.807) is 30.3 Å². The molecule has 2 heterocycles. The van der Waals surface area contributed by atoms with Crippen LogP contribution in [-0.2, 0) is 10.4 Å². The summed E-state index contributed by atoms with van der Waals surface area (Å²) < 4.78 is 0. The van der Waals surface area contributed by atoms with E-state index in [0.717, 1.165) is 31.2 Å². The second-order valence-corrected chi connectivity index (χ2v) is 11.5. The maximum absolute atomic E-state index is 13.8. The maximum atomic E-state index is 13.8. The highest BCUT2D eigenvalue weighted by Crippen LogP contribution is 2.46. The molecule has 3 aromatic rings. The second kappa shape index (κ2) is 10.5. The molecule has 1 unspecified atom stereocenters. The lowest BCUT2D eigenvalue weighted by Crippen LogP contribution is -2.59. The Bertz CT molecular complexity index is 1300. The Labute approximate surface area is 227 Å². The normalized spacial score (nSPS) is 25.1. The topological polar surface area (TPSA) is 124 Å². The van der Waals surface area contributed by atoms with Gasteiger partial charge in [0, 0.05) is 40.7 Å². The predicted molar refractivity (Wildman–Crippen MR) is 143 cm³/mol. The average molecular weight is 537 g/mol. The molecule has 38 heavy (non-hydrogen) atoms. The summed E-state index contributed by atoms with van der Waals surface area (Å²) in [7, 11) is 0. The molecule has 2 amide bonds. The molecule has 1 saturated carbocycles. The number of likely N-dealkylation sites (tertiary alicyclic amines) is 1. The highest BCUT2D eigenvalue weighted by atomic mass is 35.5. The first-order chi connectivity index (χ1) is 18.2. The van der Waals surface area contributed by atoms with Gasteiger partial charge in [-0.05, 0) is 54.3 Å². The Morgan fingerprint density at radius 2 is 1.89 bits per heavy atom. The van der Waals surface area contributed by atoms with Crippen LogP contribution >= 0.6 is 11.6 Å². The van der Waals surface area contributed by atoms with Gasteiger partial charge in [0.15, 0.2) is 0 Å². The summed E-state index contributed by atoms with van der Waals surface area (Å²) in [5, 5.41) is 29.4. The summed E-state index contributed by atoms with van der Waals surface area (Å²) in [4.78, 5) is 28.9. The van der Waals surface area contributed by atoms with Crippen LogP contribution in [0, 0.1) is 11.3 Å². The standard InChI is InChI=1S/C28H33ClN6O3/c1-27(2)17-35(15-14-28(27,38)20-10-12-21(29)13-11-20)26(37)22-8-3-4-9-23(22)30-25(36)19-7-5-6-18(16-19)24-31-33-34-32-24/h5-7,10-13,16,22-23,38H,3-4,8-9,14-15,17H2,1-2H3,(H,30,36)(H,31,32,33,34)/t22-,23+,28?/m0/s1. The third-order valence-electron chi connectivity index (χ3n) is 8.21. The fourth-order valence-corrected chi connectivity index (χ4v) is 6.07. The summed E-state index contributed by atoms with van der Waals surface area (Å²) >= 11 is 6.06. The molecule has 2 aromatic carbocycles. The summed E-state index contributed by atoms with van der Waals surface area (Å²) in [5.74, 6) is -0.0693. The van der Waals surface area contributed by atoms with E-state index >= 15 is 0 Å². The van der Waals surface area contributed by atoms with Gasteiger partial charge in [0.05, 0.1) is 11.5 Å². The van der Waals surface area contributed by atoms with Crippen molar-refractivity contribution < 1.29 is 14.7 Å². The van der Waals surface area contributed by atoms with Crippen LogP contribution in [0.3, 0.4) is 0 Å². The highest BCUT2D eigenvalue weighted by molar-refractivity contribution is 6.30. The number of tetrazole rings is 1. The van der Waals surface area contributed by atoms with Gasteiger partial charge in [-0.1, -0.05) is 62.6 Å². The lowest BCUT2D eigenvalue weighted by molar-refractivity contribution is -0.158. The number of hydrogen-bond acceptors (Lipinski definition) is 6. The van der Waals surface area contributed by atoms with Crippen LogP contribution in [0.5, 0.6) is 0 Å². The average Bonchev–Trinajstić information content (AvgIpc) is 3.46. The van der Waals surface area contributed by atoms with Crippen LogP contribution in [0.25, 0.3) is 11.4 Å². The van der Waals surface area contributed by atoms with E-state index < -0.39 is 11.0 Å². The van der Waals surface area contributed by atoms with Crippen LogP contribution in [0.4, 0.5) is 0 Å². The summed E-state index contributed by atoms with van der Waals surface area (Å²) in [5.41, 5.74) is 0.336. The first kappa shape index (κ1) is 26.3. The van der Waals surface area contributed by atoms with E-state index in [9.17, 15) is 14.7 Å². The number of aromatic nitrogens is 4. The number of hydrogen-bond donors (Lipinski definition) is 3. The zero-order valence-corrected chi connectivity index (χ0v) is 22.4. The number of aliphatic hydroxyl groups is 1.